The molecular weight excluding hydrogens is 150 g/mol. The standard InChI is InChI=1S/C8H10F2O/c1-5(11)6-2-7(9)4-8(10)3-6/h2-3,5,7,11H,4H2,1H3/t5-,7?/m1/s1. The summed E-state index contributed by atoms with van der Waals surface area (Å²) < 4.78 is 25.1. The molecule has 0 radical (unpaired) electrons. The van der Waals surface area contributed by atoms with Crippen LogP contribution in [0.5, 0.6) is 0 Å². The molecule has 0 aliphatic heterocycles. The molecule has 11 heavy (non-hydrogen) atoms. The van der Waals surface area contributed by atoms with E-state index in [1.165, 1.54) is 19.1 Å². The lowest BCUT2D eigenvalue weighted by atomic mass is 10.0. The van der Waals surface area contributed by atoms with Crippen molar-refractivity contribution in [3.63, 3.8) is 0 Å². The summed E-state index contributed by atoms with van der Waals surface area (Å²) in [5.41, 5.74) is 0.321. The van der Waals surface area contributed by atoms with Crippen LogP contribution in [0.3, 0.4) is 0 Å². The van der Waals surface area contributed by atoms with Crippen molar-refractivity contribution in [1.29, 1.82) is 0 Å². The maximum Gasteiger partial charge on any atom is 0.125 e. The highest BCUT2D eigenvalue weighted by Gasteiger charge is 2.16. The molecule has 1 N–H and O–H groups in total. The summed E-state index contributed by atoms with van der Waals surface area (Å²) >= 11 is 0. The van der Waals surface area contributed by atoms with Crippen LogP contribution in [-0.4, -0.2) is 17.4 Å². The Balaban J connectivity index is 2.78. The van der Waals surface area contributed by atoms with Crippen LogP contribution in [0.1, 0.15) is 13.3 Å². The van der Waals surface area contributed by atoms with Gasteiger partial charge < -0.3 is 5.11 Å². The minimum atomic E-state index is -1.29. The van der Waals surface area contributed by atoms with Crippen LogP contribution in [0.15, 0.2) is 23.6 Å². The molecule has 62 valence electrons. The van der Waals surface area contributed by atoms with Crippen molar-refractivity contribution in [2.45, 2.75) is 25.6 Å². The van der Waals surface area contributed by atoms with E-state index in [9.17, 15) is 8.78 Å². The van der Waals surface area contributed by atoms with Gasteiger partial charge in [0.05, 0.1) is 6.10 Å². The molecule has 1 aliphatic carbocycles. The fraction of sp³-hybridized carbons (Fsp3) is 0.500. The molecular formula is C8H10F2O. The normalized spacial score (nSPS) is 27.5. The zero-order chi connectivity index (χ0) is 8.43. The van der Waals surface area contributed by atoms with Crippen LogP contribution >= 0.6 is 0 Å². The highest BCUT2D eigenvalue weighted by molar-refractivity contribution is 5.29. The van der Waals surface area contributed by atoms with E-state index in [0.717, 1.165) is 0 Å². The lowest BCUT2D eigenvalue weighted by molar-refractivity contribution is 0.230. The quantitative estimate of drug-likeness (QED) is 0.621. The number of hydrogen-bond donors (Lipinski definition) is 1. The Bertz CT molecular complexity index is 206. The molecule has 1 rings (SSSR count). The maximum atomic E-state index is 12.6. The molecule has 1 unspecified atom stereocenters. The first kappa shape index (κ1) is 8.40. The number of aliphatic hydroxyl groups is 1. The number of allylic oxidation sites excluding steroid dienone is 2. The number of alkyl halides is 1. The van der Waals surface area contributed by atoms with Gasteiger partial charge in [-0.05, 0) is 24.6 Å². The van der Waals surface area contributed by atoms with Crippen LogP contribution < -0.4 is 0 Å². The lowest BCUT2D eigenvalue weighted by Gasteiger charge is -2.13. The molecule has 0 saturated heterocycles. The van der Waals surface area contributed by atoms with Crippen molar-refractivity contribution in [2.75, 3.05) is 0 Å². The largest absolute Gasteiger partial charge is 0.389 e. The van der Waals surface area contributed by atoms with E-state index >= 15 is 0 Å². The third-order valence-electron chi connectivity index (χ3n) is 1.57. The van der Waals surface area contributed by atoms with Crippen LogP contribution in [0.2, 0.25) is 0 Å². The molecule has 0 aromatic rings. The van der Waals surface area contributed by atoms with Crippen molar-refractivity contribution in [2.24, 2.45) is 0 Å². The molecule has 0 aromatic heterocycles. The van der Waals surface area contributed by atoms with E-state index in [2.05, 4.69) is 0 Å². The molecule has 0 bridgehead atoms. The van der Waals surface area contributed by atoms with E-state index < -0.39 is 18.1 Å². The summed E-state index contributed by atoms with van der Waals surface area (Å²) in [7, 11) is 0. The van der Waals surface area contributed by atoms with E-state index in [1.807, 2.05) is 0 Å². The average molecular weight is 160 g/mol. The Morgan fingerprint density at radius 1 is 1.73 bits per heavy atom. The van der Waals surface area contributed by atoms with Crippen LogP contribution in [0.4, 0.5) is 8.78 Å². The molecule has 0 amide bonds. The summed E-state index contributed by atoms with van der Waals surface area (Å²) in [6, 6.07) is 0. The zero-order valence-corrected chi connectivity index (χ0v) is 6.22. The predicted molar refractivity (Wildman–Crippen MR) is 38.5 cm³/mol. The maximum absolute atomic E-state index is 12.6. The monoisotopic (exact) mass is 160 g/mol. The lowest BCUT2D eigenvalue weighted by Crippen LogP contribution is -2.10. The highest BCUT2D eigenvalue weighted by Crippen LogP contribution is 2.22. The third-order valence-corrected chi connectivity index (χ3v) is 1.57. The van der Waals surface area contributed by atoms with Crippen LogP contribution in [0.25, 0.3) is 0 Å². The molecule has 3 heteroatoms. The first-order chi connectivity index (χ1) is 5.09. The Kier molecular flexibility index (Phi) is 2.39. The molecule has 1 nitrogen and oxygen atoms in total. The second-order valence-corrected chi connectivity index (χ2v) is 2.65. The molecule has 0 heterocycles. The van der Waals surface area contributed by atoms with Crippen LogP contribution in [0, 0.1) is 0 Å². The SMILES string of the molecule is C[C@@H](O)C1=CC(F)CC(F)=C1. The van der Waals surface area contributed by atoms with Crippen molar-refractivity contribution in [3.8, 4) is 0 Å². The van der Waals surface area contributed by atoms with Gasteiger partial charge >= 0.3 is 0 Å². The van der Waals surface area contributed by atoms with Gasteiger partial charge in [-0.1, -0.05) is 0 Å². The van der Waals surface area contributed by atoms with Crippen molar-refractivity contribution in [3.05, 3.63) is 23.6 Å². The summed E-state index contributed by atoms with van der Waals surface area (Å²) in [4.78, 5) is 0. The Hall–Kier alpha value is -0.700. The van der Waals surface area contributed by atoms with E-state index in [1.54, 1.807) is 0 Å². The Labute approximate surface area is 64.0 Å². The van der Waals surface area contributed by atoms with E-state index in [4.69, 9.17) is 5.11 Å². The van der Waals surface area contributed by atoms with Gasteiger partial charge in [0, 0.05) is 6.42 Å². The van der Waals surface area contributed by atoms with E-state index in [-0.39, 0.29) is 6.42 Å². The highest BCUT2D eigenvalue weighted by atomic mass is 19.1. The minimum absolute atomic E-state index is 0.198. The Morgan fingerprint density at radius 3 is 2.82 bits per heavy atom. The minimum Gasteiger partial charge on any atom is -0.389 e. The first-order valence-corrected chi connectivity index (χ1v) is 3.49. The molecule has 0 fully saturated rings. The summed E-state index contributed by atoms with van der Waals surface area (Å²) in [5, 5.41) is 8.97. The topological polar surface area (TPSA) is 20.2 Å². The second-order valence-electron chi connectivity index (χ2n) is 2.65. The molecule has 1 aliphatic rings. The van der Waals surface area contributed by atoms with Crippen molar-refractivity contribution < 1.29 is 13.9 Å². The summed E-state index contributed by atoms with van der Waals surface area (Å²) in [6.07, 6.45) is 0.147. The first-order valence-electron chi connectivity index (χ1n) is 3.49. The van der Waals surface area contributed by atoms with Gasteiger partial charge in [0.1, 0.15) is 12.0 Å². The second kappa shape index (κ2) is 3.13. The summed E-state index contributed by atoms with van der Waals surface area (Å²) in [5.74, 6) is -0.504. The van der Waals surface area contributed by atoms with Gasteiger partial charge in [-0.3, -0.25) is 0 Å². The number of halogens is 2. The van der Waals surface area contributed by atoms with Gasteiger partial charge in [0.15, 0.2) is 0 Å². The summed E-state index contributed by atoms with van der Waals surface area (Å²) in [6.45, 7) is 1.48. The van der Waals surface area contributed by atoms with Gasteiger partial charge in [-0.15, -0.1) is 0 Å². The number of hydrogen-bond acceptors (Lipinski definition) is 1. The number of rotatable bonds is 1. The number of aliphatic hydroxyl groups excluding tert-OH is 1. The fourth-order valence-corrected chi connectivity index (χ4v) is 1.00. The van der Waals surface area contributed by atoms with Crippen molar-refractivity contribution >= 4 is 0 Å². The van der Waals surface area contributed by atoms with E-state index in [0.29, 0.717) is 5.57 Å². The Morgan fingerprint density at radius 2 is 2.36 bits per heavy atom. The van der Waals surface area contributed by atoms with Gasteiger partial charge in [-0.25, -0.2) is 8.78 Å². The predicted octanol–water partition coefficient (Wildman–Crippen LogP) is 1.89. The van der Waals surface area contributed by atoms with Crippen molar-refractivity contribution in [1.82, 2.24) is 0 Å². The molecule has 0 spiro atoms. The molecule has 2 atom stereocenters. The van der Waals surface area contributed by atoms with Crippen LogP contribution in [-0.2, 0) is 0 Å². The fourth-order valence-electron chi connectivity index (χ4n) is 1.00. The zero-order valence-electron chi connectivity index (χ0n) is 6.22. The van der Waals surface area contributed by atoms with Gasteiger partial charge in [-0.2, -0.15) is 0 Å². The molecule has 0 aromatic carbocycles. The molecule has 0 saturated carbocycles. The van der Waals surface area contributed by atoms with Gasteiger partial charge in [0.2, 0.25) is 0 Å². The third kappa shape index (κ3) is 2.12. The van der Waals surface area contributed by atoms with Gasteiger partial charge in [0.25, 0.3) is 0 Å². The smallest absolute Gasteiger partial charge is 0.125 e. The average Bonchev–Trinajstić information content (AvgIpc) is 1.85.